The lowest BCUT2D eigenvalue weighted by atomic mass is 10.1. The average molecular weight is 174 g/mol. The number of rotatable bonds is 1. The molecule has 1 aliphatic heterocycles. The second-order valence-electron chi connectivity index (χ2n) is 3.02. The molecule has 1 aromatic heterocycles. The number of pyridine rings is 1. The number of hydrogen-bond acceptors (Lipinski definition) is 2. The van der Waals surface area contributed by atoms with E-state index in [0.717, 1.165) is 24.2 Å². The van der Waals surface area contributed by atoms with Gasteiger partial charge in [-0.3, -0.25) is 9.78 Å². The molecule has 1 amide bonds. The minimum absolute atomic E-state index is 0.0214. The van der Waals surface area contributed by atoms with Gasteiger partial charge < -0.3 is 0 Å². The molecule has 1 aliphatic rings. The summed E-state index contributed by atoms with van der Waals surface area (Å²) in [7, 11) is 0. The lowest BCUT2D eigenvalue weighted by Gasteiger charge is -2.09. The van der Waals surface area contributed by atoms with E-state index in [9.17, 15) is 4.79 Å². The molecule has 0 unspecified atom stereocenters. The van der Waals surface area contributed by atoms with Crippen LogP contribution < -0.4 is 0 Å². The third-order valence-corrected chi connectivity index (χ3v) is 2.02. The smallest absolute Gasteiger partial charge is 0.245 e. The van der Waals surface area contributed by atoms with Crippen LogP contribution in [0.5, 0.6) is 0 Å². The lowest BCUT2D eigenvalue weighted by Crippen LogP contribution is -2.12. The van der Waals surface area contributed by atoms with Crippen molar-refractivity contribution in [1.82, 2.24) is 4.98 Å². The third-order valence-electron chi connectivity index (χ3n) is 2.02. The highest BCUT2D eigenvalue weighted by Gasteiger charge is 2.13. The quantitative estimate of drug-likeness (QED) is 0.648. The van der Waals surface area contributed by atoms with Crippen LogP contribution >= 0.6 is 0 Å². The van der Waals surface area contributed by atoms with E-state index < -0.39 is 0 Å². The summed E-state index contributed by atoms with van der Waals surface area (Å²) in [5.74, 6) is -0.0214. The van der Waals surface area contributed by atoms with Gasteiger partial charge in [-0.15, -0.1) is 0 Å². The Balaban J connectivity index is 2.31. The molecule has 2 rings (SSSR count). The fourth-order valence-corrected chi connectivity index (χ4v) is 1.39. The van der Waals surface area contributed by atoms with Crippen LogP contribution in [0.2, 0.25) is 0 Å². The van der Waals surface area contributed by atoms with Crippen molar-refractivity contribution in [3.8, 4) is 0 Å². The molecule has 2 heterocycles. The van der Waals surface area contributed by atoms with Gasteiger partial charge in [0.1, 0.15) is 0 Å². The van der Waals surface area contributed by atoms with Crippen molar-refractivity contribution >= 4 is 11.6 Å². The van der Waals surface area contributed by atoms with Crippen molar-refractivity contribution in [2.75, 3.05) is 0 Å². The van der Waals surface area contributed by atoms with Gasteiger partial charge in [0.15, 0.2) is 0 Å². The fourth-order valence-electron chi connectivity index (χ4n) is 1.39. The molecule has 13 heavy (non-hydrogen) atoms. The number of hydrogen-bond donors (Lipinski definition) is 0. The van der Waals surface area contributed by atoms with Crippen molar-refractivity contribution in [2.24, 2.45) is 4.99 Å². The Kier molecular flexibility index (Phi) is 2.17. The monoisotopic (exact) mass is 174 g/mol. The first kappa shape index (κ1) is 8.10. The zero-order valence-corrected chi connectivity index (χ0v) is 7.23. The SMILES string of the molecule is O=C1CCCC(c2ccccn2)=N1. The molecule has 0 atom stereocenters. The lowest BCUT2D eigenvalue weighted by molar-refractivity contribution is -0.118. The summed E-state index contributed by atoms with van der Waals surface area (Å²) in [5.41, 5.74) is 1.66. The summed E-state index contributed by atoms with van der Waals surface area (Å²) in [4.78, 5) is 19.2. The molecule has 0 aliphatic carbocycles. The predicted octanol–water partition coefficient (Wildman–Crippen LogP) is 1.58. The second kappa shape index (κ2) is 3.47. The molecule has 0 bridgehead atoms. The molecule has 0 radical (unpaired) electrons. The standard InChI is InChI=1S/C10H10N2O/c13-10-6-3-5-9(12-10)8-4-1-2-7-11-8/h1-2,4,7H,3,5-6H2. The summed E-state index contributed by atoms with van der Waals surface area (Å²) in [6.45, 7) is 0. The normalized spacial score (nSPS) is 16.9. The van der Waals surface area contributed by atoms with Crippen LogP contribution in [0.25, 0.3) is 0 Å². The van der Waals surface area contributed by atoms with Gasteiger partial charge in [0.25, 0.3) is 0 Å². The van der Waals surface area contributed by atoms with Crippen LogP contribution in [-0.2, 0) is 4.79 Å². The summed E-state index contributed by atoms with van der Waals surface area (Å²) in [6.07, 6.45) is 4.06. The number of aliphatic imine (C=N–C) groups is 1. The Morgan fingerprint density at radius 1 is 1.23 bits per heavy atom. The zero-order valence-electron chi connectivity index (χ0n) is 7.23. The van der Waals surface area contributed by atoms with E-state index in [2.05, 4.69) is 9.98 Å². The van der Waals surface area contributed by atoms with E-state index >= 15 is 0 Å². The van der Waals surface area contributed by atoms with E-state index in [-0.39, 0.29) is 5.91 Å². The molecule has 0 saturated carbocycles. The molecular weight excluding hydrogens is 164 g/mol. The Morgan fingerprint density at radius 3 is 2.85 bits per heavy atom. The highest BCUT2D eigenvalue weighted by molar-refractivity contribution is 6.06. The van der Waals surface area contributed by atoms with Gasteiger partial charge in [0, 0.05) is 12.6 Å². The molecule has 3 nitrogen and oxygen atoms in total. The fraction of sp³-hybridized carbons (Fsp3) is 0.300. The predicted molar refractivity (Wildman–Crippen MR) is 49.6 cm³/mol. The van der Waals surface area contributed by atoms with E-state index in [1.54, 1.807) is 6.20 Å². The third kappa shape index (κ3) is 1.80. The van der Waals surface area contributed by atoms with Gasteiger partial charge >= 0.3 is 0 Å². The van der Waals surface area contributed by atoms with E-state index in [1.807, 2.05) is 18.2 Å². The van der Waals surface area contributed by atoms with Crippen molar-refractivity contribution in [1.29, 1.82) is 0 Å². The van der Waals surface area contributed by atoms with Crippen LogP contribution in [0.15, 0.2) is 29.4 Å². The van der Waals surface area contributed by atoms with Crippen molar-refractivity contribution in [3.05, 3.63) is 30.1 Å². The molecular formula is C10H10N2O. The molecule has 0 fully saturated rings. The minimum atomic E-state index is -0.0214. The van der Waals surface area contributed by atoms with Gasteiger partial charge in [0.05, 0.1) is 11.4 Å². The minimum Gasteiger partial charge on any atom is -0.273 e. The molecule has 0 saturated heterocycles. The maximum absolute atomic E-state index is 11.0. The summed E-state index contributed by atoms with van der Waals surface area (Å²) in [6, 6.07) is 5.65. The highest BCUT2D eigenvalue weighted by Crippen LogP contribution is 2.12. The largest absolute Gasteiger partial charge is 0.273 e. The first-order valence-electron chi connectivity index (χ1n) is 4.38. The van der Waals surface area contributed by atoms with Crippen LogP contribution in [0.3, 0.4) is 0 Å². The highest BCUT2D eigenvalue weighted by atomic mass is 16.1. The Labute approximate surface area is 76.5 Å². The van der Waals surface area contributed by atoms with Crippen LogP contribution in [-0.4, -0.2) is 16.6 Å². The van der Waals surface area contributed by atoms with Crippen molar-refractivity contribution in [3.63, 3.8) is 0 Å². The van der Waals surface area contributed by atoms with Gasteiger partial charge in [-0.2, -0.15) is 0 Å². The van der Waals surface area contributed by atoms with E-state index in [4.69, 9.17) is 0 Å². The Hall–Kier alpha value is -1.51. The molecule has 0 spiro atoms. The summed E-state index contributed by atoms with van der Waals surface area (Å²) in [5, 5.41) is 0. The maximum Gasteiger partial charge on any atom is 0.245 e. The maximum atomic E-state index is 11.0. The van der Waals surface area contributed by atoms with Crippen molar-refractivity contribution < 1.29 is 4.79 Å². The van der Waals surface area contributed by atoms with Crippen molar-refractivity contribution in [2.45, 2.75) is 19.3 Å². The summed E-state index contributed by atoms with van der Waals surface area (Å²) >= 11 is 0. The molecule has 0 N–H and O–H groups in total. The van der Waals surface area contributed by atoms with Crippen LogP contribution in [0.4, 0.5) is 0 Å². The van der Waals surface area contributed by atoms with Gasteiger partial charge in [0.2, 0.25) is 5.91 Å². The first-order valence-corrected chi connectivity index (χ1v) is 4.38. The second-order valence-corrected chi connectivity index (χ2v) is 3.02. The van der Waals surface area contributed by atoms with Crippen LogP contribution in [0, 0.1) is 0 Å². The van der Waals surface area contributed by atoms with E-state index in [0.29, 0.717) is 6.42 Å². The van der Waals surface area contributed by atoms with E-state index in [1.165, 1.54) is 0 Å². The number of carbonyl (C=O) groups is 1. The topological polar surface area (TPSA) is 42.3 Å². The zero-order chi connectivity index (χ0) is 9.10. The molecule has 0 aromatic carbocycles. The van der Waals surface area contributed by atoms with Gasteiger partial charge in [-0.05, 0) is 25.0 Å². The molecule has 66 valence electrons. The number of nitrogens with zero attached hydrogens (tertiary/aromatic N) is 2. The van der Waals surface area contributed by atoms with Gasteiger partial charge in [-0.25, -0.2) is 4.99 Å². The number of aromatic nitrogens is 1. The average Bonchev–Trinajstić information content (AvgIpc) is 2.19. The molecule has 1 aromatic rings. The van der Waals surface area contributed by atoms with Crippen LogP contribution in [0.1, 0.15) is 25.0 Å². The summed E-state index contributed by atoms with van der Waals surface area (Å²) < 4.78 is 0. The number of carbonyl (C=O) groups excluding carboxylic acids is 1. The molecule has 3 heteroatoms. The van der Waals surface area contributed by atoms with Gasteiger partial charge in [-0.1, -0.05) is 6.07 Å². The number of amides is 1. The first-order chi connectivity index (χ1) is 6.36. The Bertz CT molecular complexity index is 343. The Morgan fingerprint density at radius 2 is 2.15 bits per heavy atom.